The van der Waals surface area contributed by atoms with E-state index in [0.29, 0.717) is 25.9 Å². The Labute approximate surface area is 139 Å². The van der Waals surface area contributed by atoms with Crippen LogP contribution in [0.3, 0.4) is 0 Å². The fourth-order valence-corrected chi connectivity index (χ4v) is 4.57. The minimum Gasteiger partial charge on any atom is -0.302 e. The Morgan fingerprint density at radius 2 is 1.50 bits per heavy atom. The molecule has 0 radical (unpaired) electrons. The van der Waals surface area contributed by atoms with Gasteiger partial charge in [-0.1, -0.05) is 24.3 Å². The first-order chi connectivity index (χ1) is 11.3. The molecular formula is C16H19N3O4S. The number of sulfonamides is 1. The fraction of sp³-hybridized carbons (Fsp3) is 0.375. The van der Waals surface area contributed by atoms with Crippen molar-refractivity contribution < 1.29 is 8.42 Å². The van der Waals surface area contributed by atoms with Gasteiger partial charge < -0.3 is 4.57 Å². The molecule has 2 aromatic rings. The zero-order chi connectivity index (χ0) is 17.5. The lowest BCUT2D eigenvalue weighted by atomic mass is 10.0. The van der Waals surface area contributed by atoms with Gasteiger partial charge >= 0.3 is 5.69 Å². The Morgan fingerprint density at radius 3 is 2.04 bits per heavy atom. The number of hydrogen-bond donors (Lipinski definition) is 0. The van der Waals surface area contributed by atoms with Gasteiger partial charge in [0.2, 0.25) is 10.0 Å². The minimum atomic E-state index is -3.96. The van der Waals surface area contributed by atoms with Crippen LogP contribution in [-0.4, -0.2) is 34.9 Å². The van der Waals surface area contributed by atoms with E-state index < -0.39 is 21.3 Å². The summed E-state index contributed by atoms with van der Waals surface area (Å²) >= 11 is 0. The van der Waals surface area contributed by atoms with E-state index in [1.165, 1.54) is 18.4 Å². The third kappa shape index (κ3) is 2.71. The van der Waals surface area contributed by atoms with Crippen molar-refractivity contribution in [1.82, 2.24) is 13.4 Å². The normalized spacial score (nSPS) is 15.8. The molecule has 0 atom stereocenters. The van der Waals surface area contributed by atoms with Gasteiger partial charge in [-0.25, -0.2) is 13.2 Å². The van der Waals surface area contributed by atoms with Gasteiger partial charge in [-0.2, -0.15) is 4.31 Å². The van der Waals surface area contributed by atoms with Crippen molar-refractivity contribution in [3.8, 4) is 0 Å². The third-order valence-electron chi connectivity index (χ3n) is 4.41. The van der Waals surface area contributed by atoms with Crippen molar-refractivity contribution in [3.05, 3.63) is 62.4 Å². The molecule has 0 saturated heterocycles. The van der Waals surface area contributed by atoms with Gasteiger partial charge in [0, 0.05) is 33.4 Å². The van der Waals surface area contributed by atoms with Gasteiger partial charge in [-0.15, -0.1) is 0 Å². The average molecular weight is 349 g/mol. The highest BCUT2D eigenvalue weighted by atomic mass is 32.2. The molecule has 128 valence electrons. The molecule has 8 heteroatoms. The van der Waals surface area contributed by atoms with Crippen LogP contribution in [0, 0.1) is 0 Å². The summed E-state index contributed by atoms with van der Waals surface area (Å²) in [4.78, 5) is 23.7. The maximum atomic E-state index is 12.9. The molecule has 3 rings (SSSR count). The Hall–Kier alpha value is -2.19. The lowest BCUT2D eigenvalue weighted by Gasteiger charge is -2.20. The molecule has 24 heavy (non-hydrogen) atoms. The van der Waals surface area contributed by atoms with Crippen LogP contribution in [0.5, 0.6) is 0 Å². The Morgan fingerprint density at radius 1 is 0.958 bits per heavy atom. The van der Waals surface area contributed by atoms with Crippen LogP contribution in [0.1, 0.15) is 11.1 Å². The smallest absolute Gasteiger partial charge is 0.302 e. The van der Waals surface area contributed by atoms with Gasteiger partial charge in [-0.3, -0.25) is 9.36 Å². The largest absolute Gasteiger partial charge is 0.330 e. The second kappa shape index (κ2) is 6.03. The van der Waals surface area contributed by atoms with E-state index in [2.05, 4.69) is 0 Å². The van der Waals surface area contributed by atoms with Gasteiger partial charge in [0.25, 0.3) is 5.56 Å². The predicted molar refractivity (Wildman–Crippen MR) is 89.5 cm³/mol. The van der Waals surface area contributed by atoms with Crippen molar-refractivity contribution in [2.75, 3.05) is 13.1 Å². The van der Waals surface area contributed by atoms with E-state index >= 15 is 0 Å². The van der Waals surface area contributed by atoms with Crippen LogP contribution in [0.2, 0.25) is 0 Å². The maximum Gasteiger partial charge on any atom is 0.330 e. The number of rotatable bonds is 2. The molecule has 1 aliphatic heterocycles. The van der Waals surface area contributed by atoms with E-state index in [1.54, 1.807) is 0 Å². The number of fused-ring (bicyclic) bond motifs is 1. The monoisotopic (exact) mass is 349 g/mol. The molecule has 1 aliphatic rings. The second-order valence-corrected chi connectivity index (χ2v) is 7.83. The molecule has 0 N–H and O–H groups in total. The van der Waals surface area contributed by atoms with Gasteiger partial charge in [0.1, 0.15) is 0 Å². The molecule has 0 aliphatic carbocycles. The molecule has 1 aromatic carbocycles. The summed E-state index contributed by atoms with van der Waals surface area (Å²) in [5, 5.41) is 0. The lowest BCUT2D eigenvalue weighted by molar-refractivity contribution is 0.424. The molecule has 0 saturated carbocycles. The van der Waals surface area contributed by atoms with Crippen LogP contribution in [0.15, 0.2) is 44.9 Å². The molecular weight excluding hydrogens is 330 g/mol. The van der Waals surface area contributed by atoms with Crippen molar-refractivity contribution in [3.63, 3.8) is 0 Å². The quantitative estimate of drug-likeness (QED) is 0.757. The highest BCUT2D eigenvalue weighted by Crippen LogP contribution is 2.19. The van der Waals surface area contributed by atoms with E-state index in [1.807, 2.05) is 24.3 Å². The molecule has 0 bridgehead atoms. The molecule has 0 unspecified atom stereocenters. The van der Waals surface area contributed by atoms with Crippen LogP contribution in [-0.2, 0) is 37.0 Å². The molecule has 2 heterocycles. The standard InChI is InChI=1S/C16H19N3O4S/c1-17-11-14(15(20)18(2)16(17)21)24(22,23)19-9-7-12-5-3-4-6-13(12)8-10-19/h3-6,11H,7-10H2,1-2H3. The number of benzene rings is 1. The lowest BCUT2D eigenvalue weighted by Crippen LogP contribution is -2.43. The fourth-order valence-electron chi connectivity index (χ4n) is 2.98. The Kier molecular flexibility index (Phi) is 4.18. The molecule has 7 nitrogen and oxygen atoms in total. The van der Waals surface area contributed by atoms with Crippen molar-refractivity contribution >= 4 is 10.0 Å². The molecule has 0 fully saturated rings. The van der Waals surface area contributed by atoms with E-state index in [0.717, 1.165) is 26.5 Å². The van der Waals surface area contributed by atoms with Crippen LogP contribution in [0.25, 0.3) is 0 Å². The topological polar surface area (TPSA) is 81.4 Å². The zero-order valence-corrected chi connectivity index (χ0v) is 14.4. The first-order valence-corrected chi connectivity index (χ1v) is 9.10. The first-order valence-electron chi connectivity index (χ1n) is 7.66. The van der Waals surface area contributed by atoms with Crippen LogP contribution in [0.4, 0.5) is 0 Å². The summed E-state index contributed by atoms with van der Waals surface area (Å²) in [5.74, 6) is 0. The number of aryl methyl sites for hydroxylation is 1. The molecule has 1 aromatic heterocycles. The van der Waals surface area contributed by atoms with Gasteiger partial charge in [0.15, 0.2) is 4.90 Å². The first kappa shape index (κ1) is 16.7. The summed E-state index contributed by atoms with van der Waals surface area (Å²) in [6.07, 6.45) is 2.31. The molecule has 0 amide bonds. The average Bonchev–Trinajstić information content (AvgIpc) is 2.79. The highest BCUT2D eigenvalue weighted by Gasteiger charge is 2.30. The zero-order valence-electron chi connectivity index (χ0n) is 13.6. The van der Waals surface area contributed by atoms with Gasteiger partial charge in [0.05, 0.1) is 0 Å². The van der Waals surface area contributed by atoms with Crippen molar-refractivity contribution in [1.29, 1.82) is 0 Å². The van der Waals surface area contributed by atoms with E-state index in [9.17, 15) is 18.0 Å². The second-order valence-electron chi connectivity index (χ2n) is 5.92. The Balaban J connectivity index is 2.01. The number of aromatic nitrogens is 2. The Bertz CT molecular complexity index is 978. The number of nitrogens with zero attached hydrogens (tertiary/aromatic N) is 3. The summed E-state index contributed by atoms with van der Waals surface area (Å²) in [6, 6.07) is 7.87. The summed E-state index contributed by atoms with van der Waals surface area (Å²) < 4.78 is 29.1. The van der Waals surface area contributed by atoms with Crippen molar-refractivity contribution in [2.24, 2.45) is 14.1 Å². The molecule has 0 spiro atoms. The van der Waals surface area contributed by atoms with E-state index in [-0.39, 0.29) is 4.90 Å². The summed E-state index contributed by atoms with van der Waals surface area (Å²) in [5.41, 5.74) is 0.911. The maximum absolute atomic E-state index is 12.9. The van der Waals surface area contributed by atoms with Crippen LogP contribution < -0.4 is 11.2 Å². The summed E-state index contributed by atoms with van der Waals surface area (Å²) in [6.45, 7) is 0.622. The number of hydrogen-bond acceptors (Lipinski definition) is 4. The van der Waals surface area contributed by atoms with Crippen LogP contribution >= 0.6 is 0 Å². The SMILES string of the molecule is Cn1cc(S(=O)(=O)N2CCc3ccccc3CC2)c(=O)n(C)c1=O. The van der Waals surface area contributed by atoms with Crippen molar-refractivity contribution in [2.45, 2.75) is 17.7 Å². The highest BCUT2D eigenvalue weighted by molar-refractivity contribution is 7.89. The minimum absolute atomic E-state index is 0.311. The third-order valence-corrected chi connectivity index (χ3v) is 6.29. The summed E-state index contributed by atoms with van der Waals surface area (Å²) in [7, 11) is -1.25. The van der Waals surface area contributed by atoms with Gasteiger partial charge in [-0.05, 0) is 24.0 Å². The van der Waals surface area contributed by atoms with E-state index in [4.69, 9.17) is 0 Å². The predicted octanol–water partition coefficient (Wildman–Crippen LogP) is -0.126.